The minimum absolute atomic E-state index is 0.0385. The van der Waals surface area contributed by atoms with E-state index in [2.05, 4.69) is 102 Å². The van der Waals surface area contributed by atoms with Gasteiger partial charge in [-0.05, 0) is 44.5 Å². The van der Waals surface area contributed by atoms with Gasteiger partial charge in [0.05, 0.1) is 12.1 Å². The molecule has 6 rings (SSSR count). The third-order valence-corrected chi connectivity index (χ3v) is 6.20. The summed E-state index contributed by atoms with van der Waals surface area (Å²) in [6.07, 6.45) is 0. The molecule has 0 radical (unpaired) electrons. The zero-order chi connectivity index (χ0) is 18.7. The Bertz CT molecular complexity index is 1020. The molecule has 0 fully saturated rings. The largest absolute Gasteiger partial charge is 0.267 e. The Labute approximate surface area is 164 Å². The first kappa shape index (κ1) is 15.8. The molecule has 28 heavy (non-hydrogen) atoms. The van der Waals surface area contributed by atoms with E-state index >= 15 is 0 Å². The standard InChI is InChI=1S/C26H20N2/c27-28(25-21-13-5-1-9-17(21)18-10-2-6-14-22(18)25)26-23-15-7-3-11-19(23)20-12-4-8-16-24(20)26/h1-16,25-26H,27H2. The van der Waals surface area contributed by atoms with Crippen LogP contribution in [0.2, 0.25) is 0 Å². The molecule has 2 heteroatoms. The molecule has 134 valence electrons. The van der Waals surface area contributed by atoms with Crippen LogP contribution in [0.4, 0.5) is 0 Å². The minimum atomic E-state index is 0.0385. The summed E-state index contributed by atoms with van der Waals surface area (Å²) in [5.74, 6) is 6.98. The van der Waals surface area contributed by atoms with E-state index in [9.17, 15) is 0 Å². The molecule has 0 atom stereocenters. The summed E-state index contributed by atoms with van der Waals surface area (Å²) < 4.78 is 0. The Hall–Kier alpha value is -3.20. The molecular formula is C26H20N2. The van der Waals surface area contributed by atoms with Crippen molar-refractivity contribution in [2.45, 2.75) is 12.1 Å². The van der Waals surface area contributed by atoms with Crippen molar-refractivity contribution in [1.82, 2.24) is 5.01 Å². The van der Waals surface area contributed by atoms with Crippen LogP contribution >= 0.6 is 0 Å². The fourth-order valence-corrected chi connectivity index (χ4v) is 5.05. The Balaban J connectivity index is 1.56. The molecule has 0 spiro atoms. The Kier molecular flexibility index (Phi) is 3.33. The zero-order valence-electron chi connectivity index (χ0n) is 15.4. The molecule has 2 nitrogen and oxygen atoms in total. The number of benzene rings is 4. The normalized spacial score (nSPS) is 14.6. The highest BCUT2D eigenvalue weighted by Crippen LogP contribution is 2.52. The SMILES string of the molecule is NN(C1c2ccccc2-c2ccccc21)C1c2ccccc2-c2ccccc21. The van der Waals surface area contributed by atoms with E-state index < -0.39 is 0 Å². The van der Waals surface area contributed by atoms with E-state index in [1.54, 1.807) is 0 Å². The number of fused-ring (bicyclic) bond motifs is 6. The fourth-order valence-electron chi connectivity index (χ4n) is 5.05. The van der Waals surface area contributed by atoms with Crippen LogP contribution in [0.25, 0.3) is 22.3 Å². The maximum atomic E-state index is 6.98. The lowest BCUT2D eigenvalue weighted by Crippen LogP contribution is -2.38. The smallest absolute Gasteiger partial charge is 0.0763 e. The predicted octanol–water partition coefficient (Wildman–Crippen LogP) is 5.70. The molecule has 2 N–H and O–H groups in total. The first-order valence-corrected chi connectivity index (χ1v) is 9.74. The van der Waals surface area contributed by atoms with Gasteiger partial charge in [0.1, 0.15) is 0 Å². The van der Waals surface area contributed by atoms with Gasteiger partial charge < -0.3 is 0 Å². The number of hydrogen-bond donors (Lipinski definition) is 1. The third-order valence-electron chi connectivity index (χ3n) is 6.20. The second-order valence-electron chi connectivity index (χ2n) is 7.60. The predicted molar refractivity (Wildman–Crippen MR) is 113 cm³/mol. The lowest BCUT2D eigenvalue weighted by atomic mass is 9.98. The molecular weight excluding hydrogens is 340 g/mol. The van der Waals surface area contributed by atoms with Crippen LogP contribution in [-0.4, -0.2) is 5.01 Å². The number of hydrazine groups is 1. The first-order chi connectivity index (χ1) is 13.8. The molecule has 0 amide bonds. The van der Waals surface area contributed by atoms with Crippen molar-refractivity contribution < 1.29 is 0 Å². The van der Waals surface area contributed by atoms with Crippen LogP contribution in [0, 0.1) is 0 Å². The maximum Gasteiger partial charge on any atom is 0.0763 e. The summed E-state index contributed by atoms with van der Waals surface area (Å²) in [6.45, 7) is 0. The van der Waals surface area contributed by atoms with Crippen molar-refractivity contribution in [1.29, 1.82) is 0 Å². The molecule has 4 aromatic rings. The molecule has 2 aliphatic carbocycles. The molecule has 0 aromatic heterocycles. The van der Waals surface area contributed by atoms with Gasteiger partial charge in [-0.2, -0.15) is 0 Å². The van der Waals surface area contributed by atoms with Gasteiger partial charge in [0.15, 0.2) is 0 Å². The van der Waals surface area contributed by atoms with Gasteiger partial charge in [-0.1, -0.05) is 97.1 Å². The monoisotopic (exact) mass is 360 g/mol. The van der Waals surface area contributed by atoms with E-state index in [0.29, 0.717) is 0 Å². The molecule has 0 aliphatic heterocycles. The highest BCUT2D eigenvalue weighted by Gasteiger charge is 2.39. The number of hydrogen-bond acceptors (Lipinski definition) is 2. The molecule has 4 aromatic carbocycles. The lowest BCUT2D eigenvalue weighted by Gasteiger charge is -2.32. The van der Waals surface area contributed by atoms with Crippen LogP contribution in [-0.2, 0) is 0 Å². The van der Waals surface area contributed by atoms with Gasteiger partial charge in [-0.3, -0.25) is 5.84 Å². The average Bonchev–Trinajstić information content (AvgIpc) is 3.27. The highest BCUT2D eigenvalue weighted by atomic mass is 15.4. The van der Waals surface area contributed by atoms with Gasteiger partial charge in [0.25, 0.3) is 0 Å². The molecule has 0 saturated carbocycles. The van der Waals surface area contributed by atoms with E-state index in [1.807, 2.05) is 0 Å². The molecule has 2 aliphatic rings. The number of nitrogens with two attached hydrogens (primary N) is 1. The van der Waals surface area contributed by atoms with Gasteiger partial charge in [0, 0.05) is 0 Å². The van der Waals surface area contributed by atoms with Crippen LogP contribution in [0.5, 0.6) is 0 Å². The molecule has 0 saturated heterocycles. The molecule has 0 heterocycles. The summed E-state index contributed by atoms with van der Waals surface area (Å²) >= 11 is 0. The number of rotatable bonds is 2. The van der Waals surface area contributed by atoms with Gasteiger partial charge in [-0.25, -0.2) is 5.01 Å². The van der Waals surface area contributed by atoms with Crippen LogP contribution < -0.4 is 5.84 Å². The molecule has 0 bridgehead atoms. The first-order valence-electron chi connectivity index (χ1n) is 9.74. The van der Waals surface area contributed by atoms with Crippen LogP contribution in [0.15, 0.2) is 97.1 Å². The summed E-state index contributed by atoms with van der Waals surface area (Å²) in [5, 5.41) is 2.06. The lowest BCUT2D eigenvalue weighted by molar-refractivity contribution is 0.190. The van der Waals surface area contributed by atoms with Gasteiger partial charge in [0.2, 0.25) is 0 Å². The maximum absolute atomic E-state index is 6.98. The van der Waals surface area contributed by atoms with E-state index in [-0.39, 0.29) is 12.1 Å². The van der Waals surface area contributed by atoms with Crippen molar-refractivity contribution in [3.63, 3.8) is 0 Å². The van der Waals surface area contributed by atoms with Gasteiger partial charge in [-0.15, -0.1) is 0 Å². The summed E-state index contributed by atoms with van der Waals surface area (Å²) in [4.78, 5) is 0. The average molecular weight is 360 g/mol. The topological polar surface area (TPSA) is 29.3 Å². The van der Waals surface area contributed by atoms with E-state index in [4.69, 9.17) is 5.84 Å². The highest BCUT2D eigenvalue weighted by molar-refractivity contribution is 5.80. The van der Waals surface area contributed by atoms with Crippen molar-refractivity contribution >= 4 is 0 Å². The van der Waals surface area contributed by atoms with Crippen LogP contribution in [0.3, 0.4) is 0 Å². The van der Waals surface area contributed by atoms with Gasteiger partial charge >= 0.3 is 0 Å². The minimum Gasteiger partial charge on any atom is -0.267 e. The molecule has 0 unspecified atom stereocenters. The van der Waals surface area contributed by atoms with Crippen LogP contribution in [0.1, 0.15) is 34.3 Å². The Morgan fingerprint density at radius 1 is 0.429 bits per heavy atom. The second-order valence-corrected chi connectivity index (χ2v) is 7.60. The zero-order valence-corrected chi connectivity index (χ0v) is 15.4. The van der Waals surface area contributed by atoms with Crippen molar-refractivity contribution in [2.24, 2.45) is 5.84 Å². The van der Waals surface area contributed by atoms with Crippen molar-refractivity contribution in [3.05, 3.63) is 119 Å². The summed E-state index contributed by atoms with van der Waals surface area (Å²) in [7, 11) is 0. The third kappa shape index (κ3) is 2.04. The summed E-state index contributed by atoms with van der Waals surface area (Å²) in [6, 6.07) is 34.7. The quantitative estimate of drug-likeness (QED) is 0.367. The number of nitrogens with zero attached hydrogens (tertiary/aromatic N) is 1. The Morgan fingerprint density at radius 2 is 0.679 bits per heavy atom. The second kappa shape index (κ2) is 5.90. The van der Waals surface area contributed by atoms with E-state index in [1.165, 1.54) is 44.5 Å². The van der Waals surface area contributed by atoms with Crippen molar-refractivity contribution in [3.8, 4) is 22.3 Å². The fraction of sp³-hybridized carbons (Fsp3) is 0.0769. The summed E-state index contributed by atoms with van der Waals surface area (Å²) in [5.41, 5.74) is 10.3. The Morgan fingerprint density at radius 3 is 0.964 bits per heavy atom. The van der Waals surface area contributed by atoms with Crippen molar-refractivity contribution in [2.75, 3.05) is 0 Å². The van der Waals surface area contributed by atoms with E-state index in [0.717, 1.165) is 0 Å².